The van der Waals surface area contributed by atoms with Crippen LogP contribution in [0.2, 0.25) is 0 Å². The molecular formula is C14H14BrNO. The molecule has 17 heavy (non-hydrogen) atoms. The number of hydrogen-bond donors (Lipinski definition) is 1. The molecule has 2 rings (SSSR count). The van der Waals surface area contributed by atoms with E-state index in [1.165, 1.54) is 0 Å². The van der Waals surface area contributed by atoms with Gasteiger partial charge in [0.25, 0.3) is 0 Å². The minimum absolute atomic E-state index is 0.00528. The van der Waals surface area contributed by atoms with Crippen LogP contribution in [0.3, 0.4) is 0 Å². The van der Waals surface area contributed by atoms with Gasteiger partial charge in [0.1, 0.15) is 11.9 Å². The highest BCUT2D eigenvalue weighted by molar-refractivity contribution is 9.10. The molecule has 0 heterocycles. The maximum Gasteiger partial charge on any atom is 0.134 e. The zero-order valence-electron chi connectivity index (χ0n) is 9.56. The van der Waals surface area contributed by atoms with Gasteiger partial charge in [0.05, 0.1) is 4.47 Å². The molecule has 0 fully saturated rings. The molecule has 0 bridgehead atoms. The number of benzene rings is 2. The first-order valence-corrected chi connectivity index (χ1v) is 6.23. The third-order valence-electron chi connectivity index (χ3n) is 2.55. The van der Waals surface area contributed by atoms with E-state index in [0.29, 0.717) is 0 Å². The van der Waals surface area contributed by atoms with E-state index >= 15 is 0 Å². The minimum Gasteiger partial charge on any atom is -0.485 e. The molecule has 1 unspecified atom stereocenters. The second-order valence-electron chi connectivity index (χ2n) is 3.86. The standard InChI is InChI=1S/C14H14BrNO/c1-10(11-6-8-12(16)9-7-11)17-14-5-3-2-4-13(14)15/h2-10H,16H2,1H3. The molecule has 0 radical (unpaired) electrons. The Kier molecular flexibility index (Phi) is 3.69. The Hall–Kier alpha value is -1.48. The smallest absolute Gasteiger partial charge is 0.134 e. The van der Waals surface area contributed by atoms with Gasteiger partial charge in [-0.25, -0.2) is 0 Å². The first-order valence-electron chi connectivity index (χ1n) is 5.43. The van der Waals surface area contributed by atoms with E-state index in [0.717, 1.165) is 21.5 Å². The highest BCUT2D eigenvalue weighted by Crippen LogP contribution is 2.29. The fraction of sp³-hybridized carbons (Fsp3) is 0.143. The minimum atomic E-state index is -0.00528. The predicted octanol–water partition coefficient (Wildman–Crippen LogP) is 4.17. The zero-order chi connectivity index (χ0) is 12.3. The zero-order valence-corrected chi connectivity index (χ0v) is 11.1. The number of anilines is 1. The van der Waals surface area contributed by atoms with Gasteiger partial charge >= 0.3 is 0 Å². The molecule has 0 spiro atoms. The Balaban J connectivity index is 2.14. The molecule has 0 amide bonds. The van der Waals surface area contributed by atoms with Crippen molar-refractivity contribution in [3.05, 3.63) is 58.6 Å². The lowest BCUT2D eigenvalue weighted by molar-refractivity contribution is 0.225. The van der Waals surface area contributed by atoms with E-state index in [1.807, 2.05) is 55.5 Å². The highest BCUT2D eigenvalue weighted by atomic mass is 79.9. The first-order chi connectivity index (χ1) is 8.16. The number of ether oxygens (including phenoxy) is 1. The Labute approximate surface area is 110 Å². The topological polar surface area (TPSA) is 35.2 Å². The number of rotatable bonds is 3. The average Bonchev–Trinajstić information content (AvgIpc) is 2.33. The number of nitrogens with two attached hydrogens (primary N) is 1. The lowest BCUT2D eigenvalue weighted by atomic mass is 10.1. The Morgan fingerprint density at radius 2 is 1.71 bits per heavy atom. The maximum atomic E-state index is 5.88. The summed E-state index contributed by atoms with van der Waals surface area (Å²) in [5.74, 6) is 0.844. The van der Waals surface area contributed by atoms with Gasteiger partial charge in [-0.15, -0.1) is 0 Å². The van der Waals surface area contributed by atoms with Gasteiger partial charge in [0.2, 0.25) is 0 Å². The van der Waals surface area contributed by atoms with Crippen molar-refractivity contribution in [1.82, 2.24) is 0 Å². The van der Waals surface area contributed by atoms with Gasteiger partial charge < -0.3 is 10.5 Å². The highest BCUT2D eigenvalue weighted by Gasteiger charge is 2.08. The second kappa shape index (κ2) is 5.23. The van der Waals surface area contributed by atoms with E-state index in [2.05, 4.69) is 15.9 Å². The molecule has 88 valence electrons. The van der Waals surface area contributed by atoms with Crippen LogP contribution in [0.1, 0.15) is 18.6 Å². The van der Waals surface area contributed by atoms with Crippen molar-refractivity contribution in [3.8, 4) is 5.75 Å². The molecule has 2 nitrogen and oxygen atoms in total. The number of nitrogen functional groups attached to an aromatic ring is 1. The molecular weight excluding hydrogens is 278 g/mol. The molecule has 0 aliphatic carbocycles. The van der Waals surface area contributed by atoms with Gasteiger partial charge in [0, 0.05) is 5.69 Å². The Bertz CT molecular complexity index is 496. The molecule has 2 aromatic rings. The Morgan fingerprint density at radius 1 is 1.06 bits per heavy atom. The quantitative estimate of drug-likeness (QED) is 0.862. The lowest BCUT2D eigenvalue weighted by Gasteiger charge is -2.16. The largest absolute Gasteiger partial charge is 0.485 e. The normalized spacial score (nSPS) is 12.1. The molecule has 0 saturated carbocycles. The Morgan fingerprint density at radius 3 is 2.35 bits per heavy atom. The van der Waals surface area contributed by atoms with Crippen LogP contribution in [0, 0.1) is 0 Å². The van der Waals surface area contributed by atoms with Gasteiger partial charge in [-0.3, -0.25) is 0 Å². The molecule has 0 aliphatic rings. The molecule has 2 N–H and O–H groups in total. The fourth-order valence-corrected chi connectivity index (χ4v) is 1.94. The van der Waals surface area contributed by atoms with Crippen molar-refractivity contribution in [1.29, 1.82) is 0 Å². The van der Waals surface area contributed by atoms with Crippen LogP contribution in [0.5, 0.6) is 5.75 Å². The number of halogens is 1. The first kappa shape index (κ1) is 12.0. The van der Waals surface area contributed by atoms with E-state index in [4.69, 9.17) is 10.5 Å². The van der Waals surface area contributed by atoms with Crippen LogP contribution in [0.15, 0.2) is 53.0 Å². The SMILES string of the molecule is CC(Oc1ccccc1Br)c1ccc(N)cc1. The summed E-state index contributed by atoms with van der Waals surface area (Å²) in [5.41, 5.74) is 7.53. The summed E-state index contributed by atoms with van der Waals surface area (Å²) >= 11 is 3.46. The van der Waals surface area contributed by atoms with Crippen molar-refractivity contribution < 1.29 is 4.74 Å². The van der Waals surface area contributed by atoms with Gasteiger partial charge in [-0.1, -0.05) is 24.3 Å². The third-order valence-corrected chi connectivity index (χ3v) is 3.20. The van der Waals surface area contributed by atoms with Gasteiger partial charge in [-0.2, -0.15) is 0 Å². The van der Waals surface area contributed by atoms with Gasteiger partial charge in [-0.05, 0) is 52.7 Å². The van der Waals surface area contributed by atoms with E-state index in [-0.39, 0.29) is 6.10 Å². The molecule has 2 aromatic carbocycles. The van der Waals surface area contributed by atoms with Crippen LogP contribution in [0.4, 0.5) is 5.69 Å². The summed E-state index contributed by atoms with van der Waals surface area (Å²) in [6.07, 6.45) is -0.00528. The van der Waals surface area contributed by atoms with E-state index < -0.39 is 0 Å². The molecule has 0 aliphatic heterocycles. The summed E-state index contributed by atoms with van der Waals surface area (Å²) < 4.78 is 6.84. The van der Waals surface area contributed by atoms with Gasteiger partial charge in [0.15, 0.2) is 0 Å². The molecule has 1 atom stereocenters. The molecule has 0 aromatic heterocycles. The second-order valence-corrected chi connectivity index (χ2v) is 4.71. The maximum absolute atomic E-state index is 5.88. The van der Waals surface area contributed by atoms with Crippen molar-refractivity contribution in [2.75, 3.05) is 5.73 Å². The number of para-hydroxylation sites is 1. The molecule has 0 saturated heterocycles. The van der Waals surface area contributed by atoms with Crippen LogP contribution >= 0.6 is 15.9 Å². The van der Waals surface area contributed by atoms with Crippen LogP contribution in [0.25, 0.3) is 0 Å². The van der Waals surface area contributed by atoms with E-state index in [1.54, 1.807) is 0 Å². The van der Waals surface area contributed by atoms with Crippen molar-refractivity contribution in [2.45, 2.75) is 13.0 Å². The summed E-state index contributed by atoms with van der Waals surface area (Å²) in [5, 5.41) is 0. The summed E-state index contributed by atoms with van der Waals surface area (Å²) in [6.45, 7) is 2.02. The van der Waals surface area contributed by atoms with Crippen molar-refractivity contribution >= 4 is 21.6 Å². The number of hydrogen-bond acceptors (Lipinski definition) is 2. The summed E-state index contributed by atoms with van der Waals surface area (Å²) in [6, 6.07) is 15.6. The monoisotopic (exact) mass is 291 g/mol. The van der Waals surface area contributed by atoms with E-state index in [9.17, 15) is 0 Å². The van der Waals surface area contributed by atoms with Crippen LogP contribution < -0.4 is 10.5 Å². The van der Waals surface area contributed by atoms with Crippen LogP contribution in [-0.4, -0.2) is 0 Å². The predicted molar refractivity (Wildman–Crippen MR) is 74.0 cm³/mol. The molecule has 3 heteroatoms. The van der Waals surface area contributed by atoms with Crippen molar-refractivity contribution in [2.24, 2.45) is 0 Å². The fourth-order valence-electron chi connectivity index (χ4n) is 1.57. The summed E-state index contributed by atoms with van der Waals surface area (Å²) in [7, 11) is 0. The summed E-state index contributed by atoms with van der Waals surface area (Å²) in [4.78, 5) is 0. The third kappa shape index (κ3) is 3.01. The average molecular weight is 292 g/mol. The van der Waals surface area contributed by atoms with Crippen LogP contribution in [-0.2, 0) is 0 Å². The van der Waals surface area contributed by atoms with Crippen molar-refractivity contribution in [3.63, 3.8) is 0 Å². The lowest BCUT2D eigenvalue weighted by Crippen LogP contribution is -2.03.